The summed E-state index contributed by atoms with van der Waals surface area (Å²) in [7, 11) is 4.14. The number of hydrogen-bond donors (Lipinski definition) is 0. The summed E-state index contributed by atoms with van der Waals surface area (Å²) < 4.78 is 0. The Labute approximate surface area is 147 Å². The summed E-state index contributed by atoms with van der Waals surface area (Å²) in [5.41, 5.74) is 3.58. The lowest BCUT2D eigenvalue weighted by molar-refractivity contribution is 0.321. The van der Waals surface area contributed by atoms with Crippen molar-refractivity contribution in [1.29, 1.82) is 0 Å². The number of aliphatic imine (C=N–C) groups is 1. The molecule has 4 nitrogen and oxygen atoms in total. The van der Waals surface area contributed by atoms with Crippen LogP contribution in [0, 0.1) is 0 Å². The second-order valence-electron chi connectivity index (χ2n) is 6.62. The number of hydrogen-bond acceptors (Lipinski definition) is 5. The van der Waals surface area contributed by atoms with Crippen molar-refractivity contribution in [2.24, 2.45) is 4.99 Å². The van der Waals surface area contributed by atoms with Gasteiger partial charge in [0.1, 0.15) is 6.04 Å². The maximum atomic E-state index is 5.02. The molecule has 0 spiro atoms. The molecule has 3 heterocycles. The molecule has 2 aliphatic rings. The highest BCUT2D eigenvalue weighted by molar-refractivity contribution is 8.14. The first-order valence-corrected chi connectivity index (χ1v) is 9.21. The molecule has 0 N–H and O–H groups in total. The van der Waals surface area contributed by atoms with Gasteiger partial charge in [0.25, 0.3) is 0 Å². The van der Waals surface area contributed by atoms with Crippen LogP contribution in [0.5, 0.6) is 0 Å². The number of rotatable bonds is 3. The summed E-state index contributed by atoms with van der Waals surface area (Å²) in [4.78, 5) is 14.2. The number of thioether (sulfide) groups is 1. The molecule has 24 heavy (non-hydrogen) atoms. The van der Waals surface area contributed by atoms with Crippen LogP contribution in [0.1, 0.15) is 30.3 Å². The fourth-order valence-corrected chi connectivity index (χ4v) is 4.54. The summed E-state index contributed by atoms with van der Waals surface area (Å²) >= 11 is 1.88. The van der Waals surface area contributed by atoms with Gasteiger partial charge in [0.05, 0.1) is 11.7 Å². The number of pyridine rings is 1. The average molecular weight is 338 g/mol. The predicted octanol–water partition coefficient (Wildman–Crippen LogP) is 3.74. The number of fused-ring (bicyclic) bond motifs is 1. The Hall–Kier alpha value is -2.01. The van der Waals surface area contributed by atoms with Gasteiger partial charge in [-0.25, -0.2) is 0 Å². The van der Waals surface area contributed by atoms with E-state index in [0.29, 0.717) is 5.25 Å². The van der Waals surface area contributed by atoms with E-state index in [2.05, 4.69) is 66.1 Å². The topological polar surface area (TPSA) is 31.7 Å². The van der Waals surface area contributed by atoms with E-state index >= 15 is 0 Å². The molecule has 4 rings (SSSR count). The van der Waals surface area contributed by atoms with Gasteiger partial charge in [0.2, 0.25) is 0 Å². The molecule has 0 radical (unpaired) electrons. The molecule has 2 aromatic rings. The van der Waals surface area contributed by atoms with Crippen LogP contribution in [0.15, 0.2) is 53.7 Å². The van der Waals surface area contributed by atoms with Crippen LogP contribution in [-0.4, -0.2) is 40.9 Å². The molecule has 0 unspecified atom stereocenters. The van der Waals surface area contributed by atoms with E-state index in [4.69, 9.17) is 4.99 Å². The second kappa shape index (κ2) is 6.13. The first-order valence-electron chi connectivity index (χ1n) is 8.33. The van der Waals surface area contributed by atoms with Crippen molar-refractivity contribution < 1.29 is 0 Å². The Bertz CT molecular complexity index is 742. The van der Waals surface area contributed by atoms with Crippen LogP contribution in [-0.2, 0) is 0 Å². The summed E-state index contributed by atoms with van der Waals surface area (Å²) in [5, 5.41) is 1.76. The van der Waals surface area contributed by atoms with Crippen molar-refractivity contribution >= 4 is 22.6 Å². The summed E-state index contributed by atoms with van der Waals surface area (Å²) in [6.07, 6.45) is 1.86. The number of aromatic nitrogens is 1. The number of nitrogens with zero attached hydrogens (tertiary/aromatic N) is 4. The molecule has 0 amide bonds. The molecule has 1 aromatic heterocycles. The molecule has 1 aromatic carbocycles. The molecule has 0 bridgehead atoms. The largest absolute Gasteiger partial charge is 0.378 e. The zero-order valence-electron chi connectivity index (χ0n) is 14.3. The third-order valence-corrected chi connectivity index (χ3v) is 5.73. The van der Waals surface area contributed by atoms with Gasteiger partial charge in [-0.2, -0.15) is 0 Å². The molecule has 124 valence electrons. The molecule has 5 heteroatoms. The van der Waals surface area contributed by atoms with Gasteiger partial charge in [-0.3, -0.25) is 9.98 Å². The summed E-state index contributed by atoms with van der Waals surface area (Å²) in [5.74, 6) is 0. The normalized spacial score (nSPS) is 25.5. The average Bonchev–Trinajstić information content (AvgIpc) is 3.11. The lowest BCUT2D eigenvalue weighted by atomic mass is 9.96. The SMILES string of the molecule is C[C@@H]1CN2C(=N[C@H](c3ccccn3)[C@@H]2c2ccc(N(C)C)cc2)S1. The van der Waals surface area contributed by atoms with Gasteiger partial charge < -0.3 is 9.80 Å². The fourth-order valence-electron chi connectivity index (χ4n) is 3.45. The zero-order valence-corrected chi connectivity index (χ0v) is 15.1. The minimum absolute atomic E-state index is 0.0754. The van der Waals surface area contributed by atoms with E-state index in [0.717, 1.165) is 12.2 Å². The van der Waals surface area contributed by atoms with Gasteiger partial charge in [0, 0.05) is 37.8 Å². The van der Waals surface area contributed by atoms with E-state index in [1.807, 2.05) is 30.1 Å². The molecule has 3 atom stereocenters. The Morgan fingerprint density at radius 3 is 2.58 bits per heavy atom. The third kappa shape index (κ3) is 2.67. The highest BCUT2D eigenvalue weighted by Crippen LogP contribution is 2.47. The maximum absolute atomic E-state index is 5.02. The van der Waals surface area contributed by atoms with E-state index in [1.54, 1.807) is 0 Å². The monoisotopic (exact) mass is 338 g/mol. The van der Waals surface area contributed by atoms with Crippen LogP contribution in [0.2, 0.25) is 0 Å². The van der Waals surface area contributed by atoms with Crippen molar-refractivity contribution in [2.75, 3.05) is 25.5 Å². The maximum Gasteiger partial charge on any atom is 0.160 e. The number of amidine groups is 1. The second-order valence-corrected chi connectivity index (χ2v) is 8.03. The Balaban J connectivity index is 1.72. The molecule has 0 saturated carbocycles. The Morgan fingerprint density at radius 2 is 1.92 bits per heavy atom. The van der Waals surface area contributed by atoms with E-state index in [1.165, 1.54) is 16.4 Å². The lowest BCUT2D eigenvalue weighted by Gasteiger charge is -2.27. The minimum atomic E-state index is 0.0754. The quantitative estimate of drug-likeness (QED) is 0.853. The van der Waals surface area contributed by atoms with Crippen LogP contribution < -0.4 is 4.90 Å². The van der Waals surface area contributed by atoms with E-state index in [9.17, 15) is 0 Å². The smallest absolute Gasteiger partial charge is 0.160 e. The number of benzene rings is 1. The van der Waals surface area contributed by atoms with Crippen molar-refractivity contribution in [1.82, 2.24) is 9.88 Å². The molecule has 0 aliphatic carbocycles. The van der Waals surface area contributed by atoms with Crippen LogP contribution in [0.3, 0.4) is 0 Å². The lowest BCUT2D eigenvalue weighted by Crippen LogP contribution is -2.28. The molecular weight excluding hydrogens is 316 g/mol. The van der Waals surface area contributed by atoms with Crippen LogP contribution >= 0.6 is 11.8 Å². The van der Waals surface area contributed by atoms with Gasteiger partial charge in [-0.1, -0.05) is 36.9 Å². The van der Waals surface area contributed by atoms with E-state index < -0.39 is 0 Å². The first kappa shape index (κ1) is 15.5. The standard InChI is InChI=1S/C19H22N4S/c1-13-12-23-18(14-7-9-15(10-8-14)22(2)3)17(21-19(23)24-13)16-6-4-5-11-20-16/h4-11,13,17-18H,12H2,1-3H3/t13-,17-,18+/m1/s1. The molecule has 1 saturated heterocycles. The van der Waals surface area contributed by atoms with Gasteiger partial charge in [-0.05, 0) is 29.8 Å². The van der Waals surface area contributed by atoms with Gasteiger partial charge in [-0.15, -0.1) is 0 Å². The van der Waals surface area contributed by atoms with Crippen molar-refractivity contribution in [3.8, 4) is 0 Å². The first-order chi connectivity index (χ1) is 11.6. The minimum Gasteiger partial charge on any atom is -0.378 e. The Morgan fingerprint density at radius 1 is 1.12 bits per heavy atom. The zero-order chi connectivity index (χ0) is 16.7. The van der Waals surface area contributed by atoms with Crippen molar-refractivity contribution in [2.45, 2.75) is 24.3 Å². The Kier molecular flexibility index (Phi) is 3.96. The van der Waals surface area contributed by atoms with Crippen LogP contribution in [0.25, 0.3) is 0 Å². The highest BCUT2D eigenvalue weighted by Gasteiger charge is 2.43. The number of anilines is 1. The predicted molar refractivity (Wildman–Crippen MR) is 102 cm³/mol. The van der Waals surface area contributed by atoms with Gasteiger partial charge >= 0.3 is 0 Å². The third-order valence-electron chi connectivity index (χ3n) is 4.63. The van der Waals surface area contributed by atoms with E-state index in [-0.39, 0.29) is 12.1 Å². The molecular formula is C19H22N4S. The summed E-state index contributed by atoms with van der Waals surface area (Å²) in [6, 6.07) is 15.3. The highest BCUT2D eigenvalue weighted by atomic mass is 32.2. The van der Waals surface area contributed by atoms with Crippen molar-refractivity contribution in [3.63, 3.8) is 0 Å². The summed E-state index contributed by atoms with van der Waals surface area (Å²) in [6.45, 7) is 3.32. The molecule has 2 aliphatic heterocycles. The van der Waals surface area contributed by atoms with Crippen LogP contribution in [0.4, 0.5) is 5.69 Å². The van der Waals surface area contributed by atoms with Gasteiger partial charge in [0.15, 0.2) is 5.17 Å². The molecule has 1 fully saturated rings. The van der Waals surface area contributed by atoms with Crippen molar-refractivity contribution in [3.05, 3.63) is 59.9 Å². The fraction of sp³-hybridized carbons (Fsp3) is 0.368.